The topological polar surface area (TPSA) is 20.2 Å². The average molecular weight is 182 g/mol. The fourth-order valence-electron chi connectivity index (χ4n) is 2.58. The highest BCUT2D eigenvalue weighted by atomic mass is 16.3. The molecule has 2 aliphatic carbocycles. The second kappa shape index (κ2) is 3.27. The number of aliphatic hydroxyl groups is 1. The third-order valence-electron chi connectivity index (χ3n) is 4.22. The Morgan fingerprint density at radius 3 is 2.31 bits per heavy atom. The van der Waals surface area contributed by atoms with Crippen LogP contribution in [0.4, 0.5) is 0 Å². The van der Waals surface area contributed by atoms with Gasteiger partial charge in [0.25, 0.3) is 0 Å². The van der Waals surface area contributed by atoms with Crippen molar-refractivity contribution >= 4 is 0 Å². The summed E-state index contributed by atoms with van der Waals surface area (Å²) >= 11 is 0. The van der Waals surface area contributed by atoms with E-state index in [1.165, 1.54) is 32.1 Å². The van der Waals surface area contributed by atoms with Gasteiger partial charge in [0.05, 0.1) is 6.10 Å². The summed E-state index contributed by atoms with van der Waals surface area (Å²) in [7, 11) is 0. The van der Waals surface area contributed by atoms with Gasteiger partial charge in [-0.2, -0.15) is 0 Å². The van der Waals surface area contributed by atoms with Crippen LogP contribution in [0.3, 0.4) is 0 Å². The maximum absolute atomic E-state index is 9.39. The molecule has 0 aromatic heterocycles. The van der Waals surface area contributed by atoms with E-state index in [0.29, 0.717) is 11.3 Å². The monoisotopic (exact) mass is 182 g/mol. The standard InChI is InChI=1S/C12H22O/c1-12(2)8-10(12)5-3-4-9-6-7-11(9)13/h9-11,13H,3-8H2,1-2H3. The van der Waals surface area contributed by atoms with E-state index in [0.717, 1.165) is 12.3 Å². The summed E-state index contributed by atoms with van der Waals surface area (Å²) in [6.45, 7) is 4.74. The molecule has 1 N–H and O–H groups in total. The first-order valence-electron chi connectivity index (χ1n) is 5.78. The summed E-state index contributed by atoms with van der Waals surface area (Å²) < 4.78 is 0. The molecule has 1 heteroatoms. The molecule has 2 rings (SSSR count). The van der Waals surface area contributed by atoms with Gasteiger partial charge < -0.3 is 5.11 Å². The van der Waals surface area contributed by atoms with Gasteiger partial charge in [-0.1, -0.05) is 20.3 Å². The summed E-state index contributed by atoms with van der Waals surface area (Å²) in [5, 5.41) is 9.39. The van der Waals surface area contributed by atoms with Crippen molar-refractivity contribution in [3.8, 4) is 0 Å². The van der Waals surface area contributed by atoms with Crippen molar-refractivity contribution in [1.29, 1.82) is 0 Å². The van der Waals surface area contributed by atoms with Crippen molar-refractivity contribution in [1.82, 2.24) is 0 Å². The van der Waals surface area contributed by atoms with Gasteiger partial charge in [0, 0.05) is 0 Å². The first-order valence-corrected chi connectivity index (χ1v) is 5.78. The van der Waals surface area contributed by atoms with Crippen LogP contribution >= 0.6 is 0 Å². The van der Waals surface area contributed by atoms with Crippen LogP contribution in [-0.2, 0) is 0 Å². The minimum absolute atomic E-state index is 0.0483. The third-order valence-corrected chi connectivity index (χ3v) is 4.22. The second-order valence-corrected chi connectivity index (χ2v) is 5.73. The van der Waals surface area contributed by atoms with Crippen LogP contribution in [0.25, 0.3) is 0 Å². The predicted octanol–water partition coefficient (Wildman–Crippen LogP) is 2.97. The number of rotatable bonds is 4. The van der Waals surface area contributed by atoms with Crippen LogP contribution < -0.4 is 0 Å². The number of aliphatic hydroxyl groups excluding tert-OH is 1. The van der Waals surface area contributed by atoms with Gasteiger partial charge in [-0.05, 0) is 49.4 Å². The van der Waals surface area contributed by atoms with Crippen molar-refractivity contribution in [3.05, 3.63) is 0 Å². The molecule has 76 valence electrons. The van der Waals surface area contributed by atoms with Crippen LogP contribution in [0.5, 0.6) is 0 Å². The Kier molecular flexibility index (Phi) is 2.39. The van der Waals surface area contributed by atoms with Crippen LogP contribution in [0, 0.1) is 17.3 Å². The van der Waals surface area contributed by atoms with Crippen LogP contribution in [0.2, 0.25) is 0 Å². The third kappa shape index (κ3) is 2.07. The fourth-order valence-corrected chi connectivity index (χ4v) is 2.58. The van der Waals surface area contributed by atoms with Gasteiger partial charge >= 0.3 is 0 Å². The van der Waals surface area contributed by atoms with Gasteiger partial charge in [0.2, 0.25) is 0 Å². The number of hydrogen-bond donors (Lipinski definition) is 1. The highest BCUT2D eigenvalue weighted by Crippen LogP contribution is 2.54. The molecule has 0 aromatic rings. The molecule has 2 saturated carbocycles. The van der Waals surface area contributed by atoms with Crippen molar-refractivity contribution in [2.24, 2.45) is 17.3 Å². The molecule has 0 aliphatic heterocycles. The Bertz CT molecular complexity index is 184. The van der Waals surface area contributed by atoms with Gasteiger partial charge in [-0.15, -0.1) is 0 Å². The lowest BCUT2D eigenvalue weighted by Gasteiger charge is -2.32. The second-order valence-electron chi connectivity index (χ2n) is 5.73. The van der Waals surface area contributed by atoms with E-state index in [9.17, 15) is 5.11 Å². The van der Waals surface area contributed by atoms with E-state index in [2.05, 4.69) is 13.8 Å². The zero-order chi connectivity index (χ0) is 9.47. The molecule has 2 fully saturated rings. The zero-order valence-corrected chi connectivity index (χ0v) is 8.92. The SMILES string of the molecule is CC1(C)CC1CCCC1CCC1O. The Balaban J connectivity index is 1.55. The van der Waals surface area contributed by atoms with E-state index in [1.54, 1.807) is 0 Å². The van der Waals surface area contributed by atoms with Gasteiger partial charge in [0.1, 0.15) is 0 Å². The van der Waals surface area contributed by atoms with Crippen LogP contribution in [0.1, 0.15) is 52.4 Å². The van der Waals surface area contributed by atoms with Crippen molar-refractivity contribution in [2.45, 2.75) is 58.5 Å². The molecule has 3 unspecified atom stereocenters. The first kappa shape index (κ1) is 9.51. The molecule has 1 nitrogen and oxygen atoms in total. The smallest absolute Gasteiger partial charge is 0.0568 e. The minimum atomic E-state index is 0.0483. The summed E-state index contributed by atoms with van der Waals surface area (Å²) in [4.78, 5) is 0. The lowest BCUT2D eigenvalue weighted by molar-refractivity contribution is 0.0179. The zero-order valence-electron chi connectivity index (χ0n) is 8.92. The van der Waals surface area contributed by atoms with E-state index >= 15 is 0 Å². The normalized spacial score (nSPS) is 41.3. The van der Waals surface area contributed by atoms with E-state index in [4.69, 9.17) is 0 Å². The van der Waals surface area contributed by atoms with Gasteiger partial charge in [-0.3, -0.25) is 0 Å². The highest BCUT2D eigenvalue weighted by Gasteiger charge is 2.44. The lowest BCUT2D eigenvalue weighted by atomic mass is 9.78. The first-order chi connectivity index (χ1) is 6.09. The summed E-state index contributed by atoms with van der Waals surface area (Å²) in [5.74, 6) is 1.64. The van der Waals surface area contributed by atoms with Crippen molar-refractivity contribution in [2.75, 3.05) is 0 Å². The van der Waals surface area contributed by atoms with Crippen molar-refractivity contribution in [3.63, 3.8) is 0 Å². The number of hydrogen-bond acceptors (Lipinski definition) is 1. The Labute approximate surface area is 81.5 Å². The van der Waals surface area contributed by atoms with E-state index in [-0.39, 0.29) is 6.10 Å². The quantitative estimate of drug-likeness (QED) is 0.708. The Morgan fingerprint density at radius 1 is 1.23 bits per heavy atom. The van der Waals surface area contributed by atoms with Gasteiger partial charge in [-0.25, -0.2) is 0 Å². The largest absolute Gasteiger partial charge is 0.393 e. The highest BCUT2D eigenvalue weighted by molar-refractivity contribution is 4.94. The molecule has 0 amide bonds. The molecule has 2 aliphatic rings. The summed E-state index contributed by atoms with van der Waals surface area (Å²) in [5.41, 5.74) is 0.651. The molecule has 0 saturated heterocycles. The molecular weight excluding hydrogens is 160 g/mol. The maximum Gasteiger partial charge on any atom is 0.0568 e. The average Bonchev–Trinajstić information content (AvgIpc) is 2.65. The summed E-state index contributed by atoms with van der Waals surface area (Å²) in [6.07, 6.45) is 7.82. The molecule has 13 heavy (non-hydrogen) atoms. The lowest BCUT2D eigenvalue weighted by Crippen LogP contribution is -2.30. The molecule has 0 heterocycles. The predicted molar refractivity (Wildman–Crippen MR) is 54.5 cm³/mol. The molecule has 0 aromatic carbocycles. The maximum atomic E-state index is 9.39. The van der Waals surface area contributed by atoms with Gasteiger partial charge in [0.15, 0.2) is 0 Å². The van der Waals surface area contributed by atoms with E-state index in [1.807, 2.05) is 0 Å². The Hall–Kier alpha value is -0.0400. The fraction of sp³-hybridized carbons (Fsp3) is 1.00. The molecule has 0 spiro atoms. The van der Waals surface area contributed by atoms with Crippen LogP contribution in [-0.4, -0.2) is 11.2 Å². The Morgan fingerprint density at radius 2 is 1.92 bits per heavy atom. The molecule has 0 radical (unpaired) electrons. The molecule has 3 atom stereocenters. The van der Waals surface area contributed by atoms with Crippen LogP contribution in [0.15, 0.2) is 0 Å². The summed E-state index contributed by atoms with van der Waals surface area (Å²) in [6, 6.07) is 0. The molecule has 0 bridgehead atoms. The molecular formula is C12H22O. The minimum Gasteiger partial charge on any atom is -0.393 e. The van der Waals surface area contributed by atoms with E-state index < -0.39 is 0 Å². The van der Waals surface area contributed by atoms with Crippen molar-refractivity contribution < 1.29 is 5.11 Å².